The Morgan fingerprint density at radius 2 is 1.94 bits per heavy atom. The molecule has 32 heavy (non-hydrogen) atoms. The van der Waals surface area contributed by atoms with E-state index in [4.69, 9.17) is 0 Å². The molecule has 6 heteroatoms. The number of carbonyl (C=O) groups excluding carboxylic acids is 2. The van der Waals surface area contributed by atoms with Crippen LogP contribution in [0, 0.1) is 12.8 Å². The highest BCUT2D eigenvalue weighted by atomic mass is 16.2. The lowest BCUT2D eigenvalue weighted by Gasteiger charge is -2.23. The first-order valence-corrected chi connectivity index (χ1v) is 11.2. The molecule has 1 aromatic heterocycles. The number of aromatic nitrogens is 2. The Morgan fingerprint density at radius 3 is 2.62 bits per heavy atom. The summed E-state index contributed by atoms with van der Waals surface area (Å²) >= 11 is 0. The van der Waals surface area contributed by atoms with Crippen molar-refractivity contribution in [3.8, 4) is 0 Å². The van der Waals surface area contributed by atoms with Crippen molar-refractivity contribution < 1.29 is 9.59 Å². The van der Waals surface area contributed by atoms with Gasteiger partial charge in [-0.05, 0) is 48.6 Å². The molecule has 2 atom stereocenters. The highest BCUT2D eigenvalue weighted by molar-refractivity contribution is 6.03. The van der Waals surface area contributed by atoms with Crippen LogP contribution in [0.5, 0.6) is 0 Å². The molecule has 1 aliphatic rings. The van der Waals surface area contributed by atoms with Gasteiger partial charge in [0, 0.05) is 43.3 Å². The van der Waals surface area contributed by atoms with Crippen LogP contribution in [-0.2, 0) is 16.1 Å². The van der Waals surface area contributed by atoms with Gasteiger partial charge in [-0.15, -0.1) is 0 Å². The van der Waals surface area contributed by atoms with E-state index in [9.17, 15) is 9.59 Å². The third-order valence-corrected chi connectivity index (χ3v) is 6.36. The Hall–Kier alpha value is -3.41. The molecular weight excluding hydrogens is 400 g/mol. The standard InChI is InChI=1S/C26H30N4O2/c1-4-18(2)23-7-5-6-8-24(23)30-17-21(15-25(30)31)26(32)28-22-11-9-20(10-12-22)16-29-14-13-27-19(29)3/h5-14,18,21H,4,15-17H2,1-3H3,(H,28,32). The fourth-order valence-electron chi connectivity index (χ4n) is 4.19. The third kappa shape index (κ3) is 4.59. The van der Waals surface area contributed by atoms with E-state index in [1.54, 1.807) is 11.1 Å². The number of hydrogen-bond donors (Lipinski definition) is 1. The van der Waals surface area contributed by atoms with E-state index in [0.717, 1.165) is 41.3 Å². The first-order chi connectivity index (χ1) is 15.5. The summed E-state index contributed by atoms with van der Waals surface area (Å²) in [6.07, 6.45) is 4.97. The molecule has 166 valence electrons. The first kappa shape index (κ1) is 21.8. The number of para-hydroxylation sites is 1. The minimum Gasteiger partial charge on any atom is -0.331 e. The fraction of sp³-hybridized carbons (Fsp3) is 0.346. The summed E-state index contributed by atoms with van der Waals surface area (Å²) < 4.78 is 2.07. The van der Waals surface area contributed by atoms with Gasteiger partial charge in [-0.3, -0.25) is 9.59 Å². The Balaban J connectivity index is 1.41. The summed E-state index contributed by atoms with van der Waals surface area (Å²) in [6.45, 7) is 7.44. The number of carbonyl (C=O) groups is 2. The van der Waals surface area contributed by atoms with E-state index in [-0.39, 0.29) is 24.2 Å². The Morgan fingerprint density at radius 1 is 1.19 bits per heavy atom. The molecule has 0 spiro atoms. The lowest BCUT2D eigenvalue weighted by atomic mass is 9.96. The van der Waals surface area contributed by atoms with E-state index in [0.29, 0.717) is 12.5 Å². The van der Waals surface area contributed by atoms with E-state index in [1.807, 2.05) is 55.6 Å². The van der Waals surface area contributed by atoms with E-state index < -0.39 is 0 Å². The minimum atomic E-state index is -0.360. The van der Waals surface area contributed by atoms with E-state index in [1.165, 1.54) is 0 Å². The average Bonchev–Trinajstić information content (AvgIpc) is 3.39. The van der Waals surface area contributed by atoms with Crippen molar-refractivity contribution in [2.24, 2.45) is 5.92 Å². The number of benzene rings is 2. The molecule has 3 aromatic rings. The molecule has 1 aliphatic heterocycles. The number of nitrogens with one attached hydrogen (secondary N) is 1. The number of amides is 2. The van der Waals surface area contributed by atoms with Crippen LogP contribution in [0.2, 0.25) is 0 Å². The molecule has 0 bridgehead atoms. The SMILES string of the molecule is CCC(C)c1ccccc1N1CC(C(=O)Nc2ccc(Cn3ccnc3C)cc2)CC1=O. The lowest BCUT2D eigenvalue weighted by molar-refractivity contribution is -0.122. The Labute approximate surface area is 189 Å². The second kappa shape index (κ2) is 9.39. The van der Waals surface area contributed by atoms with Gasteiger partial charge in [-0.1, -0.05) is 44.2 Å². The molecule has 0 saturated carbocycles. The molecule has 0 aliphatic carbocycles. The number of hydrogen-bond acceptors (Lipinski definition) is 3. The summed E-state index contributed by atoms with van der Waals surface area (Å²) in [4.78, 5) is 31.7. The van der Waals surface area contributed by atoms with Crippen LogP contribution >= 0.6 is 0 Å². The summed E-state index contributed by atoms with van der Waals surface area (Å²) in [7, 11) is 0. The zero-order chi connectivity index (χ0) is 22.7. The van der Waals surface area contributed by atoms with Crippen molar-refractivity contribution in [3.63, 3.8) is 0 Å². The van der Waals surface area contributed by atoms with E-state index >= 15 is 0 Å². The summed E-state index contributed by atoms with van der Waals surface area (Å²) in [5.74, 6) is 0.858. The Kier molecular flexibility index (Phi) is 6.40. The average molecular weight is 431 g/mol. The van der Waals surface area contributed by atoms with Crippen molar-refractivity contribution in [1.29, 1.82) is 0 Å². The quantitative estimate of drug-likeness (QED) is 0.588. The monoisotopic (exact) mass is 430 g/mol. The number of aryl methyl sites for hydroxylation is 1. The molecule has 1 saturated heterocycles. The smallest absolute Gasteiger partial charge is 0.229 e. The first-order valence-electron chi connectivity index (χ1n) is 11.2. The second-order valence-corrected chi connectivity index (χ2v) is 8.56. The fourth-order valence-corrected chi connectivity index (χ4v) is 4.19. The van der Waals surface area contributed by atoms with Crippen LogP contribution in [-0.4, -0.2) is 27.9 Å². The highest BCUT2D eigenvalue weighted by Gasteiger charge is 2.36. The predicted molar refractivity (Wildman–Crippen MR) is 127 cm³/mol. The van der Waals surface area contributed by atoms with Crippen LogP contribution in [0.15, 0.2) is 60.9 Å². The van der Waals surface area contributed by atoms with Crippen LogP contribution in [0.4, 0.5) is 11.4 Å². The van der Waals surface area contributed by atoms with Gasteiger partial charge >= 0.3 is 0 Å². The van der Waals surface area contributed by atoms with Crippen LogP contribution in [0.25, 0.3) is 0 Å². The zero-order valence-electron chi connectivity index (χ0n) is 18.9. The lowest BCUT2D eigenvalue weighted by Crippen LogP contribution is -2.29. The van der Waals surface area contributed by atoms with Gasteiger partial charge in [0.15, 0.2) is 0 Å². The third-order valence-electron chi connectivity index (χ3n) is 6.36. The topological polar surface area (TPSA) is 67.2 Å². The summed E-state index contributed by atoms with van der Waals surface area (Å²) in [6, 6.07) is 15.9. The zero-order valence-corrected chi connectivity index (χ0v) is 18.9. The molecule has 6 nitrogen and oxygen atoms in total. The Bertz CT molecular complexity index is 1100. The van der Waals surface area contributed by atoms with Crippen LogP contribution in [0.3, 0.4) is 0 Å². The largest absolute Gasteiger partial charge is 0.331 e. The predicted octanol–water partition coefficient (Wildman–Crippen LogP) is 4.74. The van der Waals surface area contributed by atoms with Gasteiger partial charge in [0.2, 0.25) is 11.8 Å². The van der Waals surface area contributed by atoms with Crippen molar-refractivity contribution in [3.05, 3.63) is 77.9 Å². The molecule has 2 unspecified atom stereocenters. The minimum absolute atomic E-state index is 0.00644. The molecule has 2 heterocycles. The number of anilines is 2. The van der Waals surface area contributed by atoms with Gasteiger partial charge in [-0.2, -0.15) is 0 Å². The molecular formula is C26H30N4O2. The van der Waals surface area contributed by atoms with Gasteiger partial charge in [-0.25, -0.2) is 4.98 Å². The van der Waals surface area contributed by atoms with Crippen molar-refractivity contribution in [1.82, 2.24) is 9.55 Å². The van der Waals surface area contributed by atoms with E-state index in [2.05, 4.69) is 34.8 Å². The maximum absolute atomic E-state index is 12.9. The normalized spacial score (nSPS) is 16.9. The van der Waals surface area contributed by atoms with Gasteiger partial charge in [0.1, 0.15) is 5.82 Å². The highest BCUT2D eigenvalue weighted by Crippen LogP contribution is 2.33. The summed E-state index contributed by atoms with van der Waals surface area (Å²) in [5.41, 5.74) is 3.97. The van der Waals surface area contributed by atoms with Gasteiger partial charge in [0.05, 0.1) is 5.92 Å². The molecule has 1 fully saturated rings. The second-order valence-electron chi connectivity index (χ2n) is 8.56. The van der Waals surface area contributed by atoms with Crippen molar-refractivity contribution in [2.45, 2.75) is 46.1 Å². The molecule has 4 rings (SSSR count). The summed E-state index contributed by atoms with van der Waals surface area (Å²) in [5, 5.41) is 2.99. The maximum Gasteiger partial charge on any atom is 0.229 e. The number of imidazole rings is 1. The molecule has 2 aromatic carbocycles. The molecule has 0 radical (unpaired) electrons. The van der Waals surface area contributed by atoms with Crippen LogP contribution in [0.1, 0.15) is 49.6 Å². The molecule has 2 amide bonds. The van der Waals surface area contributed by atoms with Crippen molar-refractivity contribution >= 4 is 23.2 Å². The van der Waals surface area contributed by atoms with Gasteiger partial charge < -0.3 is 14.8 Å². The maximum atomic E-state index is 12.9. The van der Waals surface area contributed by atoms with Crippen molar-refractivity contribution in [2.75, 3.05) is 16.8 Å². The number of rotatable bonds is 7. The number of nitrogens with zero attached hydrogens (tertiary/aromatic N) is 3. The van der Waals surface area contributed by atoms with Gasteiger partial charge in [0.25, 0.3) is 0 Å². The molecule has 1 N–H and O–H groups in total. The van der Waals surface area contributed by atoms with Crippen LogP contribution < -0.4 is 10.2 Å².